The molecule has 0 aliphatic carbocycles. The van der Waals surface area contributed by atoms with Crippen molar-refractivity contribution in [2.24, 2.45) is 0 Å². The minimum absolute atomic E-state index is 0.347. The van der Waals surface area contributed by atoms with Crippen molar-refractivity contribution in [2.45, 2.75) is 26.7 Å². The molecule has 2 aromatic rings. The third-order valence-corrected chi connectivity index (χ3v) is 3.74. The molecular weight excluding hydrogens is 304 g/mol. The SMILES string of the molecule is COc1ccc(C=O)c(OCCOc2cc(C)ccc2C(C)C)c1. The molecule has 0 atom stereocenters. The normalized spacial score (nSPS) is 10.5. The number of ether oxygens (including phenoxy) is 3. The molecule has 0 bridgehead atoms. The first-order valence-electron chi connectivity index (χ1n) is 8.04. The van der Waals surface area contributed by atoms with Crippen LogP contribution in [0.4, 0.5) is 0 Å². The van der Waals surface area contributed by atoms with Gasteiger partial charge in [0.15, 0.2) is 6.29 Å². The van der Waals surface area contributed by atoms with Crippen LogP contribution in [-0.4, -0.2) is 26.6 Å². The molecule has 0 saturated heterocycles. The number of hydrogen-bond donors (Lipinski definition) is 0. The van der Waals surface area contributed by atoms with Gasteiger partial charge < -0.3 is 14.2 Å². The number of methoxy groups -OCH3 is 1. The highest BCUT2D eigenvalue weighted by molar-refractivity contribution is 5.79. The maximum absolute atomic E-state index is 11.1. The second-order valence-corrected chi connectivity index (χ2v) is 5.91. The molecule has 0 N–H and O–H groups in total. The summed E-state index contributed by atoms with van der Waals surface area (Å²) >= 11 is 0. The van der Waals surface area contributed by atoms with Crippen LogP contribution in [0.5, 0.6) is 17.2 Å². The predicted molar refractivity (Wildman–Crippen MR) is 94.6 cm³/mol. The Bertz CT molecular complexity index is 692. The quantitative estimate of drug-likeness (QED) is 0.532. The molecule has 0 unspecified atom stereocenters. The van der Waals surface area contributed by atoms with E-state index in [1.54, 1.807) is 25.3 Å². The van der Waals surface area contributed by atoms with Gasteiger partial charge in [-0.3, -0.25) is 4.79 Å². The van der Waals surface area contributed by atoms with Gasteiger partial charge in [-0.15, -0.1) is 0 Å². The Morgan fingerprint density at radius 2 is 1.71 bits per heavy atom. The molecule has 2 rings (SSSR count). The van der Waals surface area contributed by atoms with Crippen molar-refractivity contribution >= 4 is 6.29 Å². The van der Waals surface area contributed by atoms with E-state index in [1.165, 1.54) is 5.56 Å². The summed E-state index contributed by atoms with van der Waals surface area (Å²) in [6.07, 6.45) is 0.771. The van der Waals surface area contributed by atoms with Crippen LogP contribution < -0.4 is 14.2 Å². The molecule has 0 aromatic heterocycles. The zero-order valence-electron chi connectivity index (χ0n) is 14.7. The summed E-state index contributed by atoms with van der Waals surface area (Å²) in [4.78, 5) is 11.1. The van der Waals surface area contributed by atoms with E-state index < -0.39 is 0 Å². The van der Waals surface area contributed by atoms with Gasteiger partial charge in [-0.1, -0.05) is 26.0 Å². The number of aldehydes is 1. The molecule has 0 aliphatic heterocycles. The van der Waals surface area contributed by atoms with E-state index in [2.05, 4.69) is 26.0 Å². The number of benzene rings is 2. The maximum Gasteiger partial charge on any atom is 0.153 e. The van der Waals surface area contributed by atoms with Crippen molar-refractivity contribution in [1.82, 2.24) is 0 Å². The van der Waals surface area contributed by atoms with E-state index in [0.29, 0.717) is 36.2 Å². The van der Waals surface area contributed by atoms with Crippen LogP contribution in [0, 0.1) is 6.92 Å². The molecule has 0 heterocycles. The smallest absolute Gasteiger partial charge is 0.153 e. The van der Waals surface area contributed by atoms with Crippen LogP contribution in [0.3, 0.4) is 0 Å². The fourth-order valence-corrected chi connectivity index (χ4v) is 2.41. The first-order chi connectivity index (χ1) is 11.5. The monoisotopic (exact) mass is 328 g/mol. The number of hydrogen-bond acceptors (Lipinski definition) is 4. The van der Waals surface area contributed by atoms with Gasteiger partial charge in [-0.05, 0) is 42.2 Å². The number of carbonyl (C=O) groups excluding carboxylic acids is 1. The van der Waals surface area contributed by atoms with Gasteiger partial charge in [0, 0.05) is 6.07 Å². The summed E-state index contributed by atoms with van der Waals surface area (Å²) < 4.78 is 16.7. The van der Waals surface area contributed by atoms with Gasteiger partial charge in [0.25, 0.3) is 0 Å². The van der Waals surface area contributed by atoms with Gasteiger partial charge in [0.1, 0.15) is 30.5 Å². The Hall–Kier alpha value is -2.49. The highest BCUT2D eigenvalue weighted by Gasteiger charge is 2.09. The van der Waals surface area contributed by atoms with Crippen molar-refractivity contribution < 1.29 is 19.0 Å². The number of aryl methyl sites for hydroxylation is 1. The van der Waals surface area contributed by atoms with Crippen LogP contribution in [0.25, 0.3) is 0 Å². The van der Waals surface area contributed by atoms with Crippen molar-refractivity contribution in [2.75, 3.05) is 20.3 Å². The highest BCUT2D eigenvalue weighted by Crippen LogP contribution is 2.28. The van der Waals surface area contributed by atoms with Crippen molar-refractivity contribution in [1.29, 1.82) is 0 Å². The fourth-order valence-electron chi connectivity index (χ4n) is 2.41. The third-order valence-electron chi connectivity index (χ3n) is 3.74. The van der Waals surface area contributed by atoms with E-state index in [4.69, 9.17) is 14.2 Å². The van der Waals surface area contributed by atoms with E-state index in [-0.39, 0.29) is 0 Å². The van der Waals surface area contributed by atoms with Gasteiger partial charge in [0.05, 0.1) is 12.7 Å². The standard InChI is InChI=1S/C20H24O4/c1-14(2)18-8-5-15(3)11-20(18)24-10-9-23-19-12-17(22-4)7-6-16(19)13-21/h5-8,11-14H,9-10H2,1-4H3. The Balaban J connectivity index is 1.99. The topological polar surface area (TPSA) is 44.8 Å². The van der Waals surface area contributed by atoms with Gasteiger partial charge in [-0.2, -0.15) is 0 Å². The molecule has 0 spiro atoms. The molecule has 0 fully saturated rings. The zero-order valence-corrected chi connectivity index (χ0v) is 14.7. The third kappa shape index (κ3) is 4.51. The molecule has 128 valence electrons. The van der Waals surface area contributed by atoms with Crippen molar-refractivity contribution in [3.8, 4) is 17.2 Å². The molecule has 0 amide bonds. The Morgan fingerprint density at radius 3 is 2.33 bits per heavy atom. The first-order valence-corrected chi connectivity index (χ1v) is 8.04. The zero-order chi connectivity index (χ0) is 17.5. The second-order valence-electron chi connectivity index (χ2n) is 5.91. The average molecular weight is 328 g/mol. The van der Waals surface area contributed by atoms with E-state index in [9.17, 15) is 4.79 Å². The van der Waals surface area contributed by atoms with Gasteiger partial charge >= 0.3 is 0 Å². The van der Waals surface area contributed by atoms with Crippen LogP contribution in [0.2, 0.25) is 0 Å². The molecule has 4 nitrogen and oxygen atoms in total. The van der Waals surface area contributed by atoms with E-state index in [0.717, 1.165) is 17.6 Å². The lowest BCUT2D eigenvalue weighted by Gasteiger charge is -2.15. The van der Waals surface area contributed by atoms with Crippen LogP contribution in [0.15, 0.2) is 36.4 Å². The lowest BCUT2D eigenvalue weighted by atomic mass is 10.0. The molecule has 24 heavy (non-hydrogen) atoms. The van der Waals surface area contributed by atoms with Crippen LogP contribution in [0.1, 0.15) is 41.3 Å². The molecule has 4 heteroatoms. The molecule has 0 radical (unpaired) electrons. The molecule has 2 aromatic carbocycles. The van der Waals surface area contributed by atoms with Gasteiger partial charge in [-0.25, -0.2) is 0 Å². The van der Waals surface area contributed by atoms with Crippen molar-refractivity contribution in [3.63, 3.8) is 0 Å². The molecule has 0 saturated carbocycles. The Morgan fingerprint density at radius 1 is 1.00 bits per heavy atom. The van der Waals surface area contributed by atoms with Crippen molar-refractivity contribution in [3.05, 3.63) is 53.1 Å². The number of rotatable bonds is 8. The first kappa shape index (κ1) is 17.9. The van der Waals surface area contributed by atoms with Crippen LogP contribution in [-0.2, 0) is 0 Å². The average Bonchev–Trinajstić information content (AvgIpc) is 2.58. The largest absolute Gasteiger partial charge is 0.497 e. The highest BCUT2D eigenvalue weighted by atomic mass is 16.5. The summed E-state index contributed by atoms with van der Waals surface area (Å²) in [5, 5.41) is 0. The minimum atomic E-state index is 0.347. The molecular formula is C20H24O4. The maximum atomic E-state index is 11.1. The lowest BCUT2D eigenvalue weighted by Crippen LogP contribution is -2.11. The van der Waals surface area contributed by atoms with E-state index in [1.807, 2.05) is 13.0 Å². The second kappa shape index (κ2) is 8.39. The summed E-state index contributed by atoms with van der Waals surface area (Å²) in [5.41, 5.74) is 2.83. The van der Waals surface area contributed by atoms with E-state index >= 15 is 0 Å². The molecule has 0 aliphatic rings. The Kier molecular flexibility index (Phi) is 6.24. The summed E-state index contributed by atoms with van der Waals surface area (Å²) in [6.45, 7) is 7.07. The summed E-state index contributed by atoms with van der Waals surface area (Å²) in [6, 6.07) is 11.3. The predicted octanol–water partition coefficient (Wildman–Crippen LogP) is 4.40. The Labute approximate surface area is 143 Å². The van der Waals surface area contributed by atoms with Crippen LogP contribution >= 0.6 is 0 Å². The number of carbonyl (C=O) groups is 1. The summed E-state index contributed by atoms with van der Waals surface area (Å²) in [7, 11) is 1.58. The van der Waals surface area contributed by atoms with Gasteiger partial charge in [0.2, 0.25) is 0 Å². The fraction of sp³-hybridized carbons (Fsp3) is 0.350. The minimum Gasteiger partial charge on any atom is -0.497 e. The summed E-state index contributed by atoms with van der Waals surface area (Å²) in [5.74, 6) is 2.43. The lowest BCUT2D eigenvalue weighted by molar-refractivity contribution is 0.111.